The maximum absolute atomic E-state index is 11.3. The second kappa shape index (κ2) is 3.53. The number of nitrogens with one attached hydrogen (secondary N) is 1. The molecule has 0 spiro atoms. The normalized spacial score (nSPS) is 11.8. The van der Waals surface area contributed by atoms with Gasteiger partial charge in [-0.05, 0) is 18.5 Å². The van der Waals surface area contributed by atoms with Crippen molar-refractivity contribution in [3.8, 4) is 0 Å². The summed E-state index contributed by atoms with van der Waals surface area (Å²) in [6.45, 7) is 0.258. The molecule has 6 heteroatoms. The highest BCUT2D eigenvalue weighted by Crippen LogP contribution is 2.20. The van der Waals surface area contributed by atoms with E-state index in [1.54, 1.807) is 11.4 Å². The molecule has 0 atom stereocenters. The Labute approximate surface area is 75.5 Å². The molecule has 0 saturated heterocycles. The molecule has 0 aliphatic carbocycles. The molecule has 1 rings (SSSR count). The van der Waals surface area contributed by atoms with Crippen LogP contribution in [0.3, 0.4) is 0 Å². The van der Waals surface area contributed by atoms with Crippen molar-refractivity contribution < 1.29 is 8.42 Å². The van der Waals surface area contributed by atoms with Crippen molar-refractivity contribution in [2.24, 2.45) is 5.73 Å². The molecule has 12 heavy (non-hydrogen) atoms. The number of rotatable bonds is 3. The lowest BCUT2D eigenvalue weighted by Crippen LogP contribution is -2.19. The molecule has 1 aromatic heterocycles. The molecule has 0 bridgehead atoms. The van der Waals surface area contributed by atoms with Crippen LogP contribution in [0.4, 0.5) is 0 Å². The van der Waals surface area contributed by atoms with E-state index in [-0.39, 0.29) is 11.4 Å². The smallest absolute Gasteiger partial charge is 0.241 e. The quantitative estimate of drug-likeness (QED) is 0.737. The second-order valence-electron chi connectivity index (χ2n) is 2.12. The van der Waals surface area contributed by atoms with Crippen LogP contribution in [0, 0.1) is 0 Å². The SMILES string of the molecule is CNS(=O)(=O)c1ccsc1CN. The molecule has 4 nitrogen and oxygen atoms in total. The van der Waals surface area contributed by atoms with E-state index < -0.39 is 10.0 Å². The van der Waals surface area contributed by atoms with Crippen molar-refractivity contribution in [3.05, 3.63) is 16.3 Å². The van der Waals surface area contributed by atoms with Gasteiger partial charge in [0, 0.05) is 11.4 Å². The summed E-state index contributed by atoms with van der Waals surface area (Å²) in [5.41, 5.74) is 5.36. The van der Waals surface area contributed by atoms with E-state index in [0.717, 1.165) is 0 Å². The third-order valence-corrected chi connectivity index (χ3v) is 4.02. The largest absolute Gasteiger partial charge is 0.326 e. The minimum Gasteiger partial charge on any atom is -0.326 e. The minimum atomic E-state index is -3.32. The summed E-state index contributed by atoms with van der Waals surface area (Å²) in [4.78, 5) is 0.974. The predicted octanol–water partition coefficient (Wildman–Crippen LogP) is 0.115. The third-order valence-electron chi connectivity index (χ3n) is 1.45. The summed E-state index contributed by atoms with van der Waals surface area (Å²) >= 11 is 1.35. The Morgan fingerprint density at radius 1 is 1.67 bits per heavy atom. The highest BCUT2D eigenvalue weighted by Gasteiger charge is 2.16. The van der Waals surface area contributed by atoms with E-state index in [4.69, 9.17) is 5.73 Å². The third kappa shape index (κ3) is 1.66. The average molecular weight is 206 g/mol. The molecule has 0 aliphatic heterocycles. The monoisotopic (exact) mass is 206 g/mol. The van der Waals surface area contributed by atoms with Gasteiger partial charge in [-0.2, -0.15) is 0 Å². The molecule has 68 valence electrons. The highest BCUT2D eigenvalue weighted by atomic mass is 32.2. The summed E-state index contributed by atoms with van der Waals surface area (Å²) < 4.78 is 24.8. The molecule has 0 aromatic carbocycles. The van der Waals surface area contributed by atoms with Gasteiger partial charge in [0.1, 0.15) is 0 Å². The first-order valence-corrected chi connectivity index (χ1v) is 5.68. The standard InChI is InChI=1S/C6H10N2O2S2/c1-8-12(9,10)6-2-3-11-5(6)4-7/h2-3,8H,4,7H2,1H3. The molecular weight excluding hydrogens is 196 g/mol. The van der Waals surface area contributed by atoms with E-state index in [0.29, 0.717) is 4.88 Å². The van der Waals surface area contributed by atoms with Crippen LogP contribution in [0.1, 0.15) is 4.88 Å². The lowest BCUT2D eigenvalue weighted by molar-refractivity contribution is 0.587. The number of thiophene rings is 1. The minimum absolute atomic E-state index is 0.258. The number of nitrogens with two attached hydrogens (primary N) is 1. The molecule has 3 N–H and O–H groups in total. The van der Waals surface area contributed by atoms with Gasteiger partial charge in [-0.25, -0.2) is 13.1 Å². The Bertz CT molecular complexity index is 355. The molecule has 1 aromatic rings. The topological polar surface area (TPSA) is 72.2 Å². The maximum atomic E-state index is 11.3. The maximum Gasteiger partial charge on any atom is 0.241 e. The van der Waals surface area contributed by atoms with Crippen LogP contribution >= 0.6 is 11.3 Å². The first-order valence-electron chi connectivity index (χ1n) is 3.32. The lowest BCUT2D eigenvalue weighted by atomic mass is 10.5. The van der Waals surface area contributed by atoms with E-state index in [9.17, 15) is 8.42 Å². The van der Waals surface area contributed by atoms with Crippen molar-refractivity contribution >= 4 is 21.4 Å². The fourth-order valence-electron chi connectivity index (χ4n) is 0.827. The molecule has 0 aliphatic rings. The average Bonchev–Trinajstić information content (AvgIpc) is 2.52. The van der Waals surface area contributed by atoms with Crippen molar-refractivity contribution in [2.75, 3.05) is 7.05 Å². The highest BCUT2D eigenvalue weighted by molar-refractivity contribution is 7.89. The fourth-order valence-corrected chi connectivity index (χ4v) is 2.89. The van der Waals surface area contributed by atoms with Crippen LogP contribution in [0.25, 0.3) is 0 Å². The number of hydrogen-bond donors (Lipinski definition) is 2. The van der Waals surface area contributed by atoms with Crippen LogP contribution < -0.4 is 10.5 Å². The van der Waals surface area contributed by atoms with Gasteiger partial charge in [0.15, 0.2) is 0 Å². The molecule has 0 unspecified atom stereocenters. The summed E-state index contributed by atoms with van der Waals surface area (Å²) in [5.74, 6) is 0. The summed E-state index contributed by atoms with van der Waals surface area (Å²) in [5, 5.41) is 1.71. The Morgan fingerprint density at radius 2 is 2.33 bits per heavy atom. The number of sulfonamides is 1. The molecule has 0 saturated carbocycles. The first kappa shape index (κ1) is 9.66. The zero-order chi connectivity index (χ0) is 9.19. The van der Waals surface area contributed by atoms with Gasteiger partial charge < -0.3 is 5.73 Å². The first-order chi connectivity index (χ1) is 5.61. The van der Waals surface area contributed by atoms with Crippen LogP contribution in [-0.2, 0) is 16.6 Å². The molecular formula is C6H10N2O2S2. The molecule has 0 amide bonds. The summed E-state index contributed by atoms with van der Waals surface area (Å²) in [6.07, 6.45) is 0. The van der Waals surface area contributed by atoms with Crippen LogP contribution in [0.15, 0.2) is 16.3 Å². The summed E-state index contributed by atoms with van der Waals surface area (Å²) in [7, 11) is -1.93. The van der Waals surface area contributed by atoms with Crippen LogP contribution in [0.5, 0.6) is 0 Å². The van der Waals surface area contributed by atoms with Crippen molar-refractivity contribution in [1.29, 1.82) is 0 Å². The molecule has 0 radical (unpaired) electrons. The van der Waals surface area contributed by atoms with E-state index in [1.165, 1.54) is 18.4 Å². The Morgan fingerprint density at radius 3 is 2.83 bits per heavy atom. The molecule has 0 fully saturated rings. The van der Waals surface area contributed by atoms with Gasteiger partial charge in [0.25, 0.3) is 0 Å². The van der Waals surface area contributed by atoms with E-state index in [1.807, 2.05) is 0 Å². The van der Waals surface area contributed by atoms with Gasteiger partial charge in [0.2, 0.25) is 10.0 Å². The van der Waals surface area contributed by atoms with Gasteiger partial charge in [-0.1, -0.05) is 0 Å². The van der Waals surface area contributed by atoms with Crippen LogP contribution in [0.2, 0.25) is 0 Å². The zero-order valence-electron chi connectivity index (χ0n) is 6.57. The van der Waals surface area contributed by atoms with E-state index >= 15 is 0 Å². The van der Waals surface area contributed by atoms with Gasteiger partial charge in [0.05, 0.1) is 4.90 Å². The van der Waals surface area contributed by atoms with E-state index in [2.05, 4.69) is 4.72 Å². The Kier molecular flexibility index (Phi) is 2.84. The van der Waals surface area contributed by atoms with Gasteiger partial charge in [-0.15, -0.1) is 11.3 Å². The Hall–Kier alpha value is -0.430. The fraction of sp³-hybridized carbons (Fsp3) is 0.333. The predicted molar refractivity (Wildman–Crippen MR) is 48.5 cm³/mol. The lowest BCUT2D eigenvalue weighted by Gasteiger charge is -2.00. The van der Waals surface area contributed by atoms with Crippen LogP contribution in [-0.4, -0.2) is 15.5 Å². The second-order valence-corrected chi connectivity index (χ2v) is 4.98. The Balaban J connectivity index is 3.19. The van der Waals surface area contributed by atoms with Gasteiger partial charge >= 0.3 is 0 Å². The summed E-state index contributed by atoms with van der Waals surface area (Å²) in [6, 6.07) is 1.55. The number of hydrogen-bond acceptors (Lipinski definition) is 4. The molecule has 1 heterocycles. The van der Waals surface area contributed by atoms with Crippen molar-refractivity contribution in [1.82, 2.24) is 4.72 Å². The van der Waals surface area contributed by atoms with Crippen molar-refractivity contribution in [2.45, 2.75) is 11.4 Å². The zero-order valence-corrected chi connectivity index (χ0v) is 8.21. The van der Waals surface area contributed by atoms with Gasteiger partial charge in [-0.3, -0.25) is 0 Å². The van der Waals surface area contributed by atoms with Crippen molar-refractivity contribution in [3.63, 3.8) is 0 Å².